The Morgan fingerprint density at radius 2 is 0.900 bits per heavy atom. The van der Waals surface area contributed by atoms with Gasteiger partial charge in [0.25, 0.3) is 0 Å². The number of benzene rings is 5. The molecule has 5 aromatic carbocycles. The molecule has 0 spiro atoms. The molecule has 0 saturated carbocycles. The highest BCUT2D eigenvalue weighted by Crippen LogP contribution is 2.61. The van der Waals surface area contributed by atoms with Crippen LogP contribution in [0, 0.1) is 13.8 Å². The van der Waals surface area contributed by atoms with Crippen molar-refractivity contribution in [3.63, 3.8) is 0 Å². The summed E-state index contributed by atoms with van der Waals surface area (Å²) in [6.07, 6.45) is 2.05. The fourth-order valence-electron chi connectivity index (χ4n) is 4.84. The van der Waals surface area contributed by atoms with E-state index in [1.807, 2.05) is 6.08 Å². The zero-order chi connectivity index (χ0) is 27.7. The maximum atomic E-state index is 4.04. The van der Waals surface area contributed by atoms with E-state index in [1.165, 1.54) is 37.4 Å². The second-order valence-corrected chi connectivity index (χ2v) is 14.1. The summed E-state index contributed by atoms with van der Waals surface area (Å²) in [7, 11) is -1.84. The first kappa shape index (κ1) is 27.6. The molecule has 3 heteroatoms. The number of aryl methyl sites for hydroxylation is 2. The van der Waals surface area contributed by atoms with Crippen molar-refractivity contribution in [2.45, 2.75) is 13.8 Å². The molecule has 0 saturated heterocycles. The summed E-state index contributed by atoms with van der Waals surface area (Å²) in [5.41, 5.74) is 7.76. The molecule has 0 aliphatic heterocycles. The molecule has 1 nitrogen and oxygen atoms in total. The molecule has 1 N–H and O–H groups in total. The molecular formula is C37H33NP2. The first-order chi connectivity index (χ1) is 19.7. The van der Waals surface area contributed by atoms with Gasteiger partial charge in [-0.05, 0) is 62.0 Å². The third-order valence-corrected chi connectivity index (χ3v) is 12.5. The Bertz CT molecular complexity index is 1440. The van der Waals surface area contributed by atoms with Crippen LogP contribution in [0.25, 0.3) is 0 Å². The third kappa shape index (κ3) is 6.25. The van der Waals surface area contributed by atoms with Crippen LogP contribution in [0.1, 0.15) is 11.1 Å². The van der Waals surface area contributed by atoms with Crippen LogP contribution in [0.5, 0.6) is 0 Å². The van der Waals surface area contributed by atoms with Gasteiger partial charge in [0.2, 0.25) is 0 Å². The van der Waals surface area contributed by atoms with Crippen LogP contribution in [0.2, 0.25) is 0 Å². The van der Waals surface area contributed by atoms with Gasteiger partial charge in [-0.25, -0.2) is 0 Å². The largest absolute Gasteiger partial charge is 0.354 e. The summed E-state index contributed by atoms with van der Waals surface area (Å²) >= 11 is 0. The van der Waals surface area contributed by atoms with Crippen molar-refractivity contribution in [2.75, 3.05) is 5.32 Å². The SMILES string of the molecule is C=C=CC(Nc1c(C)cccc1C)=C(P(c1ccccc1)c1ccccc1)P(c1ccccc1)c1ccccc1. The van der Waals surface area contributed by atoms with Gasteiger partial charge in [0.15, 0.2) is 0 Å². The third-order valence-electron chi connectivity index (χ3n) is 6.71. The van der Waals surface area contributed by atoms with E-state index in [-0.39, 0.29) is 0 Å². The van der Waals surface area contributed by atoms with Gasteiger partial charge in [-0.3, -0.25) is 0 Å². The smallest absolute Gasteiger partial charge is 0.0558 e. The van der Waals surface area contributed by atoms with Crippen LogP contribution in [0.4, 0.5) is 5.69 Å². The van der Waals surface area contributed by atoms with Crippen molar-refractivity contribution < 1.29 is 0 Å². The lowest BCUT2D eigenvalue weighted by atomic mass is 10.1. The number of nitrogens with one attached hydrogen (secondary N) is 1. The minimum Gasteiger partial charge on any atom is -0.354 e. The molecule has 0 aliphatic rings. The van der Waals surface area contributed by atoms with Crippen molar-refractivity contribution in [1.29, 1.82) is 0 Å². The predicted octanol–water partition coefficient (Wildman–Crippen LogP) is 8.49. The second-order valence-electron chi connectivity index (χ2n) is 9.49. The van der Waals surface area contributed by atoms with E-state index in [0.29, 0.717) is 0 Å². The average Bonchev–Trinajstić information content (AvgIpc) is 3.00. The molecule has 0 aliphatic carbocycles. The Balaban J connectivity index is 1.89. The molecule has 0 fully saturated rings. The second kappa shape index (κ2) is 13.4. The highest BCUT2D eigenvalue weighted by Gasteiger charge is 2.31. The minimum atomic E-state index is -0.920. The van der Waals surface area contributed by atoms with Crippen molar-refractivity contribution in [2.24, 2.45) is 0 Å². The fourth-order valence-corrected chi connectivity index (χ4v) is 11.2. The van der Waals surface area contributed by atoms with Crippen molar-refractivity contribution in [3.05, 3.63) is 180 Å². The summed E-state index contributed by atoms with van der Waals surface area (Å²) < 4.78 is 0. The molecule has 0 unspecified atom stereocenters. The van der Waals surface area contributed by atoms with Crippen LogP contribution in [0.15, 0.2) is 169 Å². The molecule has 0 atom stereocenters. The number of para-hydroxylation sites is 1. The standard InChI is InChI=1S/C37H33NP2/c1-4-18-35(38-36-29(2)19-17-20-30(36)3)37(39(31-21-9-5-10-22-31)32-23-11-6-12-24-32)40(33-25-13-7-14-26-33)34-27-15-8-16-28-34/h5-28,38H,1H2,2-3H3. The Morgan fingerprint density at radius 1 is 0.550 bits per heavy atom. The first-order valence-corrected chi connectivity index (χ1v) is 16.1. The molecule has 0 radical (unpaired) electrons. The van der Waals surface area contributed by atoms with E-state index < -0.39 is 15.8 Å². The topological polar surface area (TPSA) is 12.0 Å². The Labute approximate surface area is 241 Å². The quantitative estimate of drug-likeness (QED) is 0.110. The summed E-state index contributed by atoms with van der Waals surface area (Å²) in [5, 5.41) is 10.5. The van der Waals surface area contributed by atoms with Gasteiger partial charge >= 0.3 is 0 Å². The van der Waals surface area contributed by atoms with Gasteiger partial charge in [-0.15, -0.1) is 5.73 Å². The number of anilines is 1. The van der Waals surface area contributed by atoms with E-state index in [0.717, 1.165) is 11.4 Å². The fraction of sp³-hybridized carbons (Fsp3) is 0.0541. The molecule has 5 rings (SSSR count). The number of hydrogen-bond acceptors (Lipinski definition) is 1. The highest BCUT2D eigenvalue weighted by molar-refractivity contribution is 7.94. The van der Waals surface area contributed by atoms with Crippen LogP contribution in [0.3, 0.4) is 0 Å². The summed E-state index contributed by atoms with van der Waals surface area (Å²) in [6, 6.07) is 50.3. The van der Waals surface area contributed by atoms with E-state index in [1.54, 1.807) is 0 Å². The van der Waals surface area contributed by atoms with E-state index in [2.05, 4.69) is 171 Å². The summed E-state index contributed by atoms with van der Waals surface area (Å²) in [4.78, 5) is 0. The number of allylic oxidation sites excluding steroid dienone is 1. The van der Waals surface area contributed by atoms with Crippen molar-refractivity contribution >= 4 is 42.7 Å². The van der Waals surface area contributed by atoms with Crippen LogP contribution in [-0.4, -0.2) is 0 Å². The highest BCUT2D eigenvalue weighted by atomic mass is 31.2. The van der Waals surface area contributed by atoms with Crippen LogP contribution >= 0.6 is 15.8 Å². The van der Waals surface area contributed by atoms with Crippen molar-refractivity contribution in [1.82, 2.24) is 0 Å². The molecule has 0 amide bonds. The van der Waals surface area contributed by atoms with E-state index in [9.17, 15) is 0 Å². The molecule has 0 heterocycles. The number of rotatable bonds is 9. The normalized spacial score (nSPS) is 10.7. The molecule has 0 bridgehead atoms. The van der Waals surface area contributed by atoms with Crippen molar-refractivity contribution in [3.8, 4) is 0 Å². The monoisotopic (exact) mass is 553 g/mol. The maximum Gasteiger partial charge on any atom is 0.0558 e. The summed E-state index contributed by atoms with van der Waals surface area (Å²) in [6.45, 7) is 8.37. The van der Waals surface area contributed by atoms with Gasteiger partial charge in [-0.1, -0.05) is 146 Å². The van der Waals surface area contributed by atoms with E-state index in [4.69, 9.17) is 0 Å². The molecule has 40 heavy (non-hydrogen) atoms. The van der Waals surface area contributed by atoms with Crippen LogP contribution in [-0.2, 0) is 0 Å². The number of hydrogen-bond donors (Lipinski definition) is 1. The maximum absolute atomic E-state index is 4.04. The Kier molecular flexibility index (Phi) is 9.23. The van der Waals surface area contributed by atoms with Gasteiger partial charge in [0.1, 0.15) is 0 Å². The van der Waals surface area contributed by atoms with Gasteiger partial charge in [0, 0.05) is 16.8 Å². The van der Waals surface area contributed by atoms with Gasteiger partial charge in [-0.2, -0.15) is 0 Å². The molecular weight excluding hydrogens is 520 g/mol. The molecule has 5 aromatic rings. The zero-order valence-electron chi connectivity index (χ0n) is 23.0. The Morgan fingerprint density at radius 3 is 1.23 bits per heavy atom. The lowest BCUT2D eigenvalue weighted by molar-refractivity contribution is 1.33. The lowest BCUT2D eigenvalue weighted by Gasteiger charge is -2.32. The van der Waals surface area contributed by atoms with Crippen LogP contribution < -0.4 is 26.5 Å². The van der Waals surface area contributed by atoms with Gasteiger partial charge < -0.3 is 5.32 Å². The average molecular weight is 554 g/mol. The van der Waals surface area contributed by atoms with Gasteiger partial charge in [0.05, 0.1) is 5.70 Å². The predicted molar refractivity (Wildman–Crippen MR) is 178 cm³/mol. The lowest BCUT2D eigenvalue weighted by Crippen LogP contribution is -2.21. The molecule has 0 aromatic heterocycles. The first-order valence-electron chi connectivity index (χ1n) is 13.4. The van der Waals surface area contributed by atoms with E-state index >= 15 is 0 Å². The minimum absolute atomic E-state index is 0.920. The molecule has 196 valence electrons. The summed E-state index contributed by atoms with van der Waals surface area (Å²) in [5.74, 6) is 0. The zero-order valence-corrected chi connectivity index (χ0v) is 24.7. The Hall–Kier alpha value is -3.98.